The maximum Gasteiger partial charge on any atom is 0.359 e. The molecule has 1 N–H and O–H groups in total. The van der Waals surface area contributed by atoms with Gasteiger partial charge in [0.05, 0.1) is 13.2 Å². The Kier molecular flexibility index (Phi) is 4.33. The number of nitrogens with one attached hydrogen (secondary N) is 1. The highest BCUT2D eigenvalue weighted by Crippen LogP contribution is 2.33. The van der Waals surface area contributed by atoms with Crippen LogP contribution in [-0.2, 0) is 30.8 Å². The number of nitrogens with zero attached hydrogens (tertiary/aromatic N) is 4. The number of fused-ring (bicyclic) bond motifs is 1. The van der Waals surface area contributed by atoms with Gasteiger partial charge in [0.15, 0.2) is 5.69 Å². The van der Waals surface area contributed by atoms with E-state index in [1.807, 2.05) is 20.0 Å². The number of aromatic amines is 1. The van der Waals surface area contributed by atoms with E-state index in [1.165, 1.54) is 18.5 Å². The Labute approximate surface area is 147 Å². The van der Waals surface area contributed by atoms with Gasteiger partial charge in [0.1, 0.15) is 5.82 Å². The van der Waals surface area contributed by atoms with E-state index in [2.05, 4.69) is 24.6 Å². The number of esters is 1. The summed E-state index contributed by atoms with van der Waals surface area (Å²) in [7, 11) is 0. The van der Waals surface area contributed by atoms with Crippen LogP contribution in [0, 0.1) is 12.8 Å². The predicted molar refractivity (Wildman–Crippen MR) is 92.1 cm³/mol. The highest BCUT2D eigenvalue weighted by atomic mass is 16.5. The molecule has 2 aliphatic rings. The number of hydrogen-bond acceptors (Lipinski definition) is 5. The van der Waals surface area contributed by atoms with Crippen molar-refractivity contribution in [2.24, 2.45) is 5.92 Å². The standard InChI is InChI=1S/C18H25N5O2/c1-3-25-18(24)17-14-10-22(11-16-19-8-12(2)20-16)7-6-15(14)23(21-17)9-13-4-5-13/h8,13H,3-7,9-11H2,1-2H3,(H,19,20). The molecule has 25 heavy (non-hydrogen) atoms. The summed E-state index contributed by atoms with van der Waals surface area (Å²) in [4.78, 5) is 22.4. The van der Waals surface area contributed by atoms with Crippen LogP contribution in [0.1, 0.15) is 53.0 Å². The summed E-state index contributed by atoms with van der Waals surface area (Å²) in [5.41, 5.74) is 3.81. The highest BCUT2D eigenvalue weighted by Gasteiger charge is 2.31. The summed E-state index contributed by atoms with van der Waals surface area (Å²) in [6.07, 6.45) is 5.30. The van der Waals surface area contributed by atoms with Crippen LogP contribution in [0.5, 0.6) is 0 Å². The molecule has 134 valence electrons. The molecule has 0 spiro atoms. The van der Waals surface area contributed by atoms with Crippen molar-refractivity contribution in [3.63, 3.8) is 0 Å². The van der Waals surface area contributed by atoms with E-state index in [0.717, 1.165) is 49.1 Å². The Morgan fingerprint density at radius 2 is 2.28 bits per heavy atom. The number of H-pyrrole nitrogens is 1. The molecule has 2 aromatic heterocycles. The summed E-state index contributed by atoms with van der Waals surface area (Å²) >= 11 is 0. The van der Waals surface area contributed by atoms with Gasteiger partial charge in [0.2, 0.25) is 0 Å². The lowest BCUT2D eigenvalue weighted by atomic mass is 10.0. The lowest BCUT2D eigenvalue weighted by Gasteiger charge is -2.26. The van der Waals surface area contributed by atoms with Crippen LogP contribution in [0.4, 0.5) is 0 Å². The van der Waals surface area contributed by atoms with E-state index in [1.54, 1.807) is 0 Å². The second kappa shape index (κ2) is 6.63. The van der Waals surface area contributed by atoms with Crippen LogP contribution in [0.15, 0.2) is 6.20 Å². The predicted octanol–water partition coefficient (Wildman–Crippen LogP) is 2.06. The van der Waals surface area contributed by atoms with Crippen molar-refractivity contribution in [2.45, 2.75) is 52.7 Å². The first-order valence-corrected chi connectivity index (χ1v) is 9.12. The number of rotatable bonds is 6. The summed E-state index contributed by atoms with van der Waals surface area (Å²) in [5, 5.41) is 4.63. The van der Waals surface area contributed by atoms with Crippen LogP contribution in [0.2, 0.25) is 0 Å². The summed E-state index contributed by atoms with van der Waals surface area (Å²) in [5.74, 6) is 1.39. The fourth-order valence-electron chi connectivity index (χ4n) is 3.50. The molecular weight excluding hydrogens is 318 g/mol. The Morgan fingerprint density at radius 1 is 1.44 bits per heavy atom. The fraction of sp³-hybridized carbons (Fsp3) is 0.611. The molecule has 1 fully saturated rings. The van der Waals surface area contributed by atoms with Crippen molar-refractivity contribution < 1.29 is 9.53 Å². The van der Waals surface area contributed by atoms with Crippen molar-refractivity contribution >= 4 is 5.97 Å². The van der Waals surface area contributed by atoms with Gasteiger partial charge in [-0.15, -0.1) is 0 Å². The lowest BCUT2D eigenvalue weighted by molar-refractivity contribution is 0.0515. The zero-order valence-corrected chi connectivity index (χ0v) is 14.9. The minimum Gasteiger partial charge on any atom is -0.461 e. The maximum absolute atomic E-state index is 12.4. The minimum atomic E-state index is -0.302. The third-order valence-corrected chi connectivity index (χ3v) is 4.94. The van der Waals surface area contributed by atoms with Crippen molar-refractivity contribution in [1.82, 2.24) is 24.6 Å². The van der Waals surface area contributed by atoms with E-state index >= 15 is 0 Å². The number of aryl methyl sites for hydroxylation is 1. The first-order chi connectivity index (χ1) is 12.1. The topological polar surface area (TPSA) is 76.0 Å². The first kappa shape index (κ1) is 16.3. The third-order valence-electron chi connectivity index (χ3n) is 4.94. The normalized spacial score (nSPS) is 17.5. The van der Waals surface area contributed by atoms with Crippen LogP contribution >= 0.6 is 0 Å². The molecule has 0 atom stereocenters. The van der Waals surface area contributed by atoms with Crippen molar-refractivity contribution in [3.8, 4) is 0 Å². The van der Waals surface area contributed by atoms with E-state index in [0.29, 0.717) is 18.8 Å². The number of carbonyl (C=O) groups excluding carboxylic acids is 1. The molecule has 1 aliphatic heterocycles. The van der Waals surface area contributed by atoms with Crippen molar-refractivity contribution in [3.05, 3.63) is 34.7 Å². The van der Waals surface area contributed by atoms with Gasteiger partial charge in [-0.3, -0.25) is 9.58 Å². The minimum absolute atomic E-state index is 0.302. The second-order valence-corrected chi connectivity index (χ2v) is 7.09. The van der Waals surface area contributed by atoms with Crippen molar-refractivity contribution in [1.29, 1.82) is 0 Å². The van der Waals surface area contributed by atoms with Gasteiger partial charge in [-0.25, -0.2) is 9.78 Å². The van der Waals surface area contributed by atoms with E-state index in [9.17, 15) is 4.79 Å². The van der Waals surface area contributed by atoms with Gasteiger partial charge < -0.3 is 9.72 Å². The van der Waals surface area contributed by atoms with Gasteiger partial charge in [-0.05, 0) is 32.6 Å². The summed E-state index contributed by atoms with van der Waals surface area (Å²) in [6, 6.07) is 0. The quantitative estimate of drug-likeness (QED) is 0.813. The smallest absolute Gasteiger partial charge is 0.359 e. The average Bonchev–Trinajstić information content (AvgIpc) is 3.21. The Hall–Kier alpha value is -2.15. The largest absolute Gasteiger partial charge is 0.461 e. The molecular formula is C18H25N5O2. The summed E-state index contributed by atoms with van der Waals surface area (Å²) < 4.78 is 7.30. The van der Waals surface area contributed by atoms with Crippen LogP contribution < -0.4 is 0 Å². The number of ether oxygens (including phenoxy) is 1. The van der Waals surface area contributed by atoms with Gasteiger partial charge in [0.25, 0.3) is 0 Å². The molecule has 0 amide bonds. The SMILES string of the molecule is CCOC(=O)c1nn(CC2CC2)c2c1CN(Cc1ncc(C)[nH]1)CC2. The van der Waals surface area contributed by atoms with Gasteiger partial charge >= 0.3 is 5.97 Å². The molecule has 0 saturated heterocycles. The second-order valence-electron chi connectivity index (χ2n) is 7.09. The number of carbonyl (C=O) groups is 1. The van der Waals surface area contributed by atoms with Gasteiger partial charge in [-0.2, -0.15) is 5.10 Å². The Morgan fingerprint density at radius 3 is 2.96 bits per heavy atom. The van der Waals surface area contributed by atoms with Crippen LogP contribution in [-0.4, -0.2) is 43.8 Å². The molecule has 2 aromatic rings. The zero-order valence-electron chi connectivity index (χ0n) is 14.9. The molecule has 7 nitrogen and oxygen atoms in total. The molecule has 0 bridgehead atoms. The third kappa shape index (κ3) is 3.46. The number of hydrogen-bond donors (Lipinski definition) is 1. The van der Waals surface area contributed by atoms with Crippen LogP contribution in [0.25, 0.3) is 0 Å². The molecule has 0 aromatic carbocycles. The van der Waals surface area contributed by atoms with E-state index < -0.39 is 0 Å². The number of aromatic nitrogens is 4. The lowest BCUT2D eigenvalue weighted by Crippen LogP contribution is -2.31. The molecule has 4 rings (SSSR count). The monoisotopic (exact) mass is 343 g/mol. The molecule has 0 radical (unpaired) electrons. The fourth-order valence-corrected chi connectivity index (χ4v) is 3.50. The van der Waals surface area contributed by atoms with Gasteiger partial charge in [-0.1, -0.05) is 0 Å². The van der Waals surface area contributed by atoms with E-state index in [4.69, 9.17) is 4.74 Å². The first-order valence-electron chi connectivity index (χ1n) is 9.12. The van der Waals surface area contributed by atoms with Crippen molar-refractivity contribution in [2.75, 3.05) is 13.2 Å². The molecule has 7 heteroatoms. The summed E-state index contributed by atoms with van der Waals surface area (Å²) in [6.45, 7) is 7.56. The zero-order chi connectivity index (χ0) is 17.4. The number of imidazole rings is 1. The van der Waals surface area contributed by atoms with Gasteiger partial charge in [0, 0.05) is 49.2 Å². The molecule has 3 heterocycles. The van der Waals surface area contributed by atoms with E-state index in [-0.39, 0.29) is 5.97 Å². The Balaban J connectivity index is 1.57. The molecule has 1 saturated carbocycles. The Bertz CT molecular complexity index is 775. The maximum atomic E-state index is 12.4. The molecule has 1 aliphatic carbocycles. The highest BCUT2D eigenvalue weighted by molar-refractivity contribution is 5.89. The average molecular weight is 343 g/mol. The molecule has 0 unspecified atom stereocenters. The van der Waals surface area contributed by atoms with Crippen LogP contribution in [0.3, 0.4) is 0 Å².